The summed E-state index contributed by atoms with van der Waals surface area (Å²) in [6, 6.07) is 7.70. The van der Waals surface area contributed by atoms with Gasteiger partial charge >= 0.3 is 0 Å². The van der Waals surface area contributed by atoms with Gasteiger partial charge in [-0.3, -0.25) is 0 Å². The smallest absolute Gasteiger partial charge is 0.118 e. The fourth-order valence-corrected chi connectivity index (χ4v) is 1.52. The summed E-state index contributed by atoms with van der Waals surface area (Å²) < 4.78 is 10.5. The van der Waals surface area contributed by atoms with Crippen molar-refractivity contribution in [2.24, 2.45) is 0 Å². The first-order valence-electron chi connectivity index (χ1n) is 4.97. The minimum absolute atomic E-state index is 0.108. The Balaban J connectivity index is 2.92. The largest absolute Gasteiger partial charge is 0.497 e. The van der Waals surface area contributed by atoms with Crippen LogP contribution in [0.25, 0.3) is 0 Å². The number of aliphatic hydroxyl groups is 1. The predicted octanol–water partition coefficient (Wildman–Crippen LogP) is 1.94. The Bertz CT molecular complexity index is 294. The molecule has 0 amide bonds. The quantitative estimate of drug-likeness (QED) is 0.807. The molecule has 0 bridgehead atoms. The van der Waals surface area contributed by atoms with Crippen LogP contribution in [0.3, 0.4) is 0 Å². The number of aliphatic hydroxyl groups excluding tert-OH is 1. The van der Waals surface area contributed by atoms with E-state index in [-0.39, 0.29) is 6.61 Å². The summed E-state index contributed by atoms with van der Waals surface area (Å²) >= 11 is 0. The number of hydrogen-bond acceptors (Lipinski definition) is 3. The van der Waals surface area contributed by atoms with Gasteiger partial charge in [0.05, 0.1) is 12.7 Å². The maximum Gasteiger partial charge on any atom is 0.118 e. The Kier molecular flexibility index (Phi) is 4.12. The van der Waals surface area contributed by atoms with Crippen molar-refractivity contribution in [2.45, 2.75) is 18.9 Å². The molecular weight excluding hydrogens is 192 g/mol. The molecule has 3 nitrogen and oxygen atoms in total. The number of ether oxygens (including phenoxy) is 2. The molecular formula is C12H18O3. The van der Waals surface area contributed by atoms with E-state index in [4.69, 9.17) is 14.6 Å². The Morgan fingerprint density at radius 2 is 1.80 bits per heavy atom. The number of hydrogen-bond donors (Lipinski definition) is 1. The molecule has 1 aromatic rings. The highest BCUT2D eigenvalue weighted by atomic mass is 16.5. The number of methoxy groups -OCH3 is 2. The molecule has 0 aliphatic rings. The monoisotopic (exact) mass is 210 g/mol. The van der Waals surface area contributed by atoms with Crippen LogP contribution in [0.5, 0.6) is 5.75 Å². The van der Waals surface area contributed by atoms with Crippen molar-refractivity contribution < 1.29 is 14.6 Å². The van der Waals surface area contributed by atoms with Crippen molar-refractivity contribution in [3.05, 3.63) is 29.8 Å². The van der Waals surface area contributed by atoms with Crippen molar-refractivity contribution in [3.8, 4) is 5.75 Å². The molecule has 0 saturated carbocycles. The fraction of sp³-hybridized carbons (Fsp3) is 0.500. The third-order valence-electron chi connectivity index (χ3n) is 2.74. The molecule has 84 valence electrons. The van der Waals surface area contributed by atoms with Gasteiger partial charge in [-0.2, -0.15) is 0 Å². The lowest BCUT2D eigenvalue weighted by Gasteiger charge is -2.28. The average Bonchev–Trinajstić information content (AvgIpc) is 2.29. The molecule has 0 aromatic heterocycles. The van der Waals surface area contributed by atoms with Crippen molar-refractivity contribution in [3.63, 3.8) is 0 Å². The second-order valence-corrected chi connectivity index (χ2v) is 3.64. The maximum absolute atomic E-state index is 8.99. The highest BCUT2D eigenvalue weighted by Crippen LogP contribution is 2.29. The van der Waals surface area contributed by atoms with E-state index in [1.54, 1.807) is 14.2 Å². The Labute approximate surface area is 90.6 Å². The molecule has 15 heavy (non-hydrogen) atoms. The molecule has 1 unspecified atom stereocenters. The molecule has 0 heterocycles. The highest BCUT2D eigenvalue weighted by molar-refractivity contribution is 5.30. The van der Waals surface area contributed by atoms with Crippen LogP contribution in [-0.4, -0.2) is 25.9 Å². The molecule has 0 fully saturated rings. The van der Waals surface area contributed by atoms with Gasteiger partial charge in [0.15, 0.2) is 0 Å². The zero-order valence-electron chi connectivity index (χ0n) is 9.49. The Hall–Kier alpha value is -1.06. The van der Waals surface area contributed by atoms with Gasteiger partial charge in [0.2, 0.25) is 0 Å². The first kappa shape index (κ1) is 12.0. The van der Waals surface area contributed by atoms with Gasteiger partial charge in [-0.1, -0.05) is 12.1 Å². The Morgan fingerprint density at radius 3 is 2.20 bits per heavy atom. The van der Waals surface area contributed by atoms with Crippen molar-refractivity contribution >= 4 is 0 Å². The molecule has 1 rings (SSSR count). The van der Waals surface area contributed by atoms with Crippen LogP contribution in [0.2, 0.25) is 0 Å². The fourth-order valence-electron chi connectivity index (χ4n) is 1.52. The number of rotatable bonds is 5. The lowest BCUT2D eigenvalue weighted by Crippen LogP contribution is -2.25. The zero-order chi connectivity index (χ0) is 11.3. The molecule has 0 saturated heterocycles. The van der Waals surface area contributed by atoms with Crippen LogP contribution in [0.1, 0.15) is 18.9 Å². The van der Waals surface area contributed by atoms with E-state index >= 15 is 0 Å². The third-order valence-corrected chi connectivity index (χ3v) is 2.74. The lowest BCUT2D eigenvalue weighted by molar-refractivity contribution is -0.0173. The molecule has 3 heteroatoms. The van der Waals surface area contributed by atoms with E-state index in [0.29, 0.717) is 6.42 Å². The third kappa shape index (κ3) is 2.70. The van der Waals surface area contributed by atoms with Gasteiger partial charge in [-0.15, -0.1) is 0 Å². The van der Waals surface area contributed by atoms with E-state index in [9.17, 15) is 0 Å². The molecule has 1 N–H and O–H groups in total. The second-order valence-electron chi connectivity index (χ2n) is 3.64. The van der Waals surface area contributed by atoms with Crippen LogP contribution in [0.4, 0.5) is 0 Å². The van der Waals surface area contributed by atoms with Crippen molar-refractivity contribution in [1.82, 2.24) is 0 Å². The van der Waals surface area contributed by atoms with Crippen molar-refractivity contribution in [1.29, 1.82) is 0 Å². The SMILES string of the molecule is COc1ccc(C(C)(CCO)OC)cc1. The van der Waals surface area contributed by atoms with Gasteiger partial charge in [0, 0.05) is 20.1 Å². The van der Waals surface area contributed by atoms with Gasteiger partial charge < -0.3 is 14.6 Å². The van der Waals surface area contributed by atoms with Crippen LogP contribution < -0.4 is 4.74 Å². The van der Waals surface area contributed by atoms with Crippen LogP contribution in [0, 0.1) is 0 Å². The molecule has 0 aliphatic heterocycles. The molecule has 0 radical (unpaired) electrons. The van der Waals surface area contributed by atoms with E-state index in [0.717, 1.165) is 11.3 Å². The van der Waals surface area contributed by atoms with Gasteiger partial charge in [0.1, 0.15) is 5.75 Å². The zero-order valence-corrected chi connectivity index (χ0v) is 9.49. The summed E-state index contributed by atoms with van der Waals surface area (Å²) in [7, 11) is 3.29. The summed E-state index contributed by atoms with van der Waals surface area (Å²) in [4.78, 5) is 0. The molecule has 0 aliphatic carbocycles. The van der Waals surface area contributed by atoms with Crippen LogP contribution in [0.15, 0.2) is 24.3 Å². The van der Waals surface area contributed by atoms with Gasteiger partial charge in [-0.25, -0.2) is 0 Å². The summed E-state index contributed by atoms with van der Waals surface area (Å²) in [5.74, 6) is 0.821. The van der Waals surface area contributed by atoms with E-state index in [1.807, 2.05) is 31.2 Å². The van der Waals surface area contributed by atoms with E-state index in [2.05, 4.69) is 0 Å². The van der Waals surface area contributed by atoms with E-state index in [1.165, 1.54) is 0 Å². The average molecular weight is 210 g/mol. The van der Waals surface area contributed by atoms with Crippen LogP contribution >= 0.6 is 0 Å². The molecule has 1 aromatic carbocycles. The van der Waals surface area contributed by atoms with E-state index < -0.39 is 5.60 Å². The summed E-state index contributed by atoms with van der Waals surface area (Å²) in [5.41, 5.74) is 0.612. The topological polar surface area (TPSA) is 38.7 Å². The second kappa shape index (κ2) is 5.14. The van der Waals surface area contributed by atoms with Crippen molar-refractivity contribution in [2.75, 3.05) is 20.8 Å². The van der Waals surface area contributed by atoms with Gasteiger partial charge in [-0.05, 0) is 24.6 Å². The Morgan fingerprint density at radius 1 is 1.20 bits per heavy atom. The minimum atomic E-state index is -0.430. The molecule has 0 spiro atoms. The summed E-state index contributed by atoms with van der Waals surface area (Å²) in [6.07, 6.45) is 0.579. The lowest BCUT2D eigenvalue weighted by atomic mass is 9.92. The normalized spacial score (nSPS) is 14.7. The number of benzene rings is 1. The van der Waals surface area contributed by atoms with Gasteiger partial charge in [0.25, 0.3) is 0 Å². The summed E-state index contributed by atoms with van der Waals surface area (Å²) in [6.45, 7) is 2.07. The molecule has 1 atom stereocenters. The first-order valence-corrected chi connectivity index (χ1v) is 4.97. The summed E-state index contributed by atoms with van der Waals surface area (Å²) in [5, 5.41) is 8.99. The van der Waals surface area contributed by atoms with Crippen LogP contribution in [-0.2, 0) is 10.3 Å². The first-order chi connectivity index (χ1) is 7.16. The standard InChI is InChI=1S/C12H18O3/c1-12(15-3,8-9-13)10-4-6-11(14-2)7-5-10/h4-7,13H,8-9H2,1-3H3. The maximum atomic E-state index is 8.99. The highest BCUT2D eigenvalue weighted by Gasteiger charge is 2.25. The predicted molar refractivity (Wildman–Crippen MR) is 59.1 cm³/mol. The minimum Gasteiger partial charge on any atom is -0.497 e.